The number of carbonyl (C=O) groups excluding carboxylic acids is 1. The number of hydrogen-bond acceptors (Lipinski definition) is 3. The molecule has 92 valence electrons. The van der Waals surface area contributed by atoms with Crippen LogP contribution in [0.2, 0.25) is 0 Å². The van der Waals surface area contributed by atoms with Crippen LogP contribution < -0.4 is 10.8 Å². The summed E-state index contributed by atoms with van der Waals surface area (Å²) in [6.45, 7) is 1.13. The maximum atomic E-state index is 11.4. The second-order valence-corrected chi connectivity index (χ2v) is 4.28. The van der Waals surface area contributed by atoms with Gasteiger partial charge in [0.25, 0.3) is 0 Å². The third kappa shape index (κ3) is 4.97. The maximum absolute atomic E-state index is 11.4. The highest BCUT2D eigenvalue weighted by Crippen LogP contribution is 2.18. The Bertz CT molecular complexity index is 350. The van der Waals surface area contributed by atoms with E-state index in [0.717, 1.165) is 12.1 Å². The van der Waals surface area contributed by atoms with Crippen LogP contribution in [-0.4, -0.2) is 18.5 Å². The van der Waals surface area contributed by atoms with Gasteiger partial charge in [-0.2, -0.15) is 0 Å². The molecule has 0 spiro atoms. The van der Waals surface area contributed by atoms with Crippen LogP contribution in [0.5, 0.6) is 0 Å². The SMILES string of the molecule is O=C(CCNC1CC1)NOCc1ccccc1. The largest absolute Gasteiger partial charge is 0.313 e. The van der Waals surface area contributed by atoms with Gasteiger partial charge in [0.1, 0.15) is 0 Å². The molecule has 17 heavy (non-hydrogen) atoms. The van der Waals surface area contributed by atoms with Crippen molar-refractivity contribution in [3.8, 4) is 0 Å². The van der Waals surface area contributed by atoms with E-state index in [4.69, 9.17) is 4.84 Å². The van der Waals surface area contributed by atoms with E-state index < -0.39 is 0 Å². The number of benzene rings is 1. The van der Waals surface area contributed by atoms with Crippen LogP contribution in [0.25, 0.3) is 0 Å². The Balaban J connectivity index is 1.53. The monoisotopic (exact) mass is 234 g/mol. The van der Waals surface area contributed by atoms with Crippen LogP contribution in [0.4, 0.5) is 0 Å². The Morgan fingerprint density at radius 2 is 2.06 bits per heavy atom. The molecule has 1 aromatic carbocycles. The van der Waals surface area contributed by atoms with Crippen molar-refractivity contribution in [3.05, 3.63) is 35.9 Å². The molecule has 0 unspecified atom stereocenters. The Kier molecular flexibility index (Phi) is 4.53. The number of hydrogen-bond donors (Lipinski definition) is 2. The normalized spacial score (nSPS) is 14.6. The molecule has 1 aromatic rings. The molecule has 2 N–H and O–H groups in total. The van der Waals surface area contributed by atoms with Gasteiger partial charge in [-0.1, -0.05) is 30.3 Å². The number of hydroxylamine groups is 1. The smallest absolute Gasteiger partial charge is 0.244 e. The molecule has 4 nitrogen and oxygen atoms in total. The molecular formula is C13H18N2O2. The molecule has 0 heterocycles. The van der Waals surface area contributed by atoms with E-state index in [0.29, 0.717) is 19.1 Å². The minimum absolute atomic E-state index is 0.0749. The van der Waals surface area contributed by atoms with Crippen LogP contribution in [-0.2, 0) is 16.2 Å². The number of amides is 1. The zero-order valence-electron chi connectivity index (χ0n) is 9.82. The van der Waals surface area contributed by atoms with Crippen LogP contribution in [0.3, 0.4) is 0 Å². The molecule has 0 atom stereocenters. The van der Waals surface area contributed by atoms with Gasteiger partial charge in [-0.05, 0) is 18.4 Å². The van der Waals surface area contributed by atoms with Gasteiger partial charge in [0, 0.05) is 19.0 Å². The molecule has 1 aliphatic rings. The Labute approximate surface area is 101 Å². The minimum Gasteiger partial charge on any atom is -0.313 e. The summed E-state index contributed by atoms with van der Waals surface area (Å²) in [6.07, 6.45) is 2.95. The highest BCUT2D eigenvalue weighted by Gasteiger charge is 2.19. The molecule has 0 bridgehead atoms. The Hall–Kier alpha value is -1.39. The summed E-state index contributed by atoms with van der Waals surface area (Å²) in [7, 11) is 0. The Morgan fingerprint density at radius 3 is 2.76 bits per heavy atom. The first-order valence-corrected chi connectivity index (χ1v) is 6.02. The molecule has 2 rings (SSSR count). The van der Waals surface area contributed by atoms with Crippen molar-refractivity contribution < 1.29 is 9.63 Å². The molecule has 0 radical (unpaired) electrons. The van der Waals surface area contributed by atoms with Gasteiger partial charge >= 0.3 is 0 Å². The van der Waals surface area contributed by atoms with Crippen LogP contribution >= 0.6 is 0 Å². The molecule has 0 saturated heterocycles. The highest BCUT2D eigenvalue weighted by molar-refractivity contribution is 5.74. The fourth-order valence-electron chi connectivity index (χ4n) is 1.50. The summed E-state index contributed by atoms with van der Waals surface area (Å²) in [5.41, 5.74) is 3.49. The Morgan fingerprint density at radius 1 is 1.29 bits per heavy atom. The standard InChI is InChI=1S/C13H18N2O2/c16-13(8-9-14-12-6-7-12)15-17-10-11-4-2-1-3-5-11/h1-5,12,14H,6-10H2,(H,15,16). The third-order valence-corrected chi connectivity index (χ3v) is 2.63. The maximum Gasteiger partial charge on any atom is 0.244 e. The summed E-state index contributed by atoms with van der Waals surface area (Å²) in [5, 5.41) is 3.28. The van der Waals surface area contributed by atoms with Gasteiger partial charge in [-0.15, -0.1) is 0 Å². The van der Waals surface area contributed by atoms with Crippen molar-refractivity contribution in [2.45, 2.75) is 31.9 Å². The van der Waals surface area contributed by atoms with Crippen molar-refractivity contribution in [3.63, 3.8) is 0 Å². The summed E-state index contributed by atoms with van der Waals surface area (Å²) in [6, 6.07) is 10.4. The van der Waals surface area contributed by atoms with E-state index in [1.165, 1.54) is 12.8 Å². The van der Waals surface area contributed by atoms with Gasteiger partial charge in [-0.25, -0.2) is 5.48 Å². The van der Waals surface area contributed by atoms with Crippen molar-refractivity contribution in [2.24, 2.45) is 0 Å². The van der Waals surface area contributed by atoms with E-state index in [1.54, 1.807) is 0 Å². The van der Waals surface area contributed by atoms with Crippen LogP contribution in [0, 0.1) is 0 Å². The van der Waals surface area contributed by atoms with Crippen molar-refractivity contribution >= 4 is 5.91 Å². The zero-order valence-corrected chi connectivity index (χ0v) is 9.82. The van der Waals surface area contributed by atoms with E-state index in [2.05, 4.69) is 10.8 Å². The highest BCUT2D eigenvalue weighted by atomic mass is 16.6. The first-order chi connectivity index (χ1) is 8.34. The fourth-order valence-corrected chi connectivity index (χ4v) is 1.50. The van der Waals surface area contributed by atoms with Crippen LogP contribution in [0.15, 0.2) is 30.3 Å². The molecular weight excluding hydrogens is 216 g/mol. The molecule has 0 aliphatic heterocycles. The van der Waals surface area contributed by atoms with Crippen molar-refractivity contribution in [1.82, 2.24) is 10.8 Å². The second-order valence-electron chi connectivity index (χ2n) is 4.28. The third-order valence-electron chi connectivity index (χ3n) is 2.63. The van der Waals surface area contributed by atoms with E-state index in [1.807, 2.05) is 30.3 Å². The second kappa shape index (κ2) is 6.37. The fraction of sp³-hybridized carbons (Fsp3) is 0.462. The van der Waals surface area contributed by atoms with Crippen LogP contribution in [0.1, 0.15) is 24.8 Å². The lowest BCUT2D eigenvalue weighted by molar-refractivity contribution is -0.134. The lowest BCUT2D eigenvalue weighted by Gasteiger charge is -2.06. The summed E-state index contributed by atoms with van der Waals surface area (Å²) in [5.74, 6) is -0.0749. The molecule has 0 aromatic heterocycles. The van der Waals surface area contributed by atoms with Gasteiger partial charge in [0.15, 0.2) is 0 Å². The lowest BCUT2D eigenvalue weighted by atomic mass is 10.2. The summed E-state index contributed by atoms with van der Waals surface area (Å²) >= 11 is 0. The van der Waals surface area contributed by atoms with E-state index >= 15 is 0 Å². The lowest BCUT2D eigenvalue weighted by Crippen LogP contribution is -2.28. The minimum atomic E-state index is -0.0749. The van der Waals surface area contributed by atoms with Gasteiger partial charge < -0.3 is 5.32 Å². The molecule has 4 heteroatoms. The van der Waals surface area contributed by atoms with Crippen molar-refractivity contribution in [2.75, 3.05) is 6.54 Å². The quantitative estimate of drug-likeness (QED) is 0.701. The summed E-state index contributed by atoms with van der Waals surface area (Å²) in [4.78, 5) is 16.5. The van der Waals surface area contributed by atoms with Gasteiger partial charge in [-0.3, -0.25) is 9.63 Å². The molecule has 1 fully saturated rings. The first-order valence-electron chi connectivity index (χ1n) is 6.02. The molecule has 1 aliphatic carbocycles. The topological polar surface area (TPSA) is 50.4 Å². The molecule has 1 saturated carbocycles. The average Bonchev–Trinajstić information content (AvgIpc) is 3.14. The van der Waals surface area contributed by atoms with E-state index in [-0.39, 0.29) is 5.91 Å². The molecule has 1 amide bonds. The van der Waals surface area contributed by atoms with E-state index in [9.17, 15) is 4.79 Å². The number of nitrogens with one attached hydrogen (secondary N) is 2. The first kappa shape index (κ1) is 12.1. The number of carbonyl (C=O) groups is 1. The zero-order chi connectivity index (χ0) is 11.9. The predicted octanol–water partition coefficient (Wildman–Crippen LogP) is 1.38. The average molecular weight is 234 g/mol. The summed E-state index contributed by atoms with van der Waals surface area (Å²) < 4.78 is 0. The predicted molar refractivity (Wildman–Crippen MR) is 65.0 cm³/mol. The van der Waals surface area contributed by atoms with Gasteiger partial charge in [0.2, 0.25) is 5.91 Å². The number of rotatable bonds is 7. The van der Waals surface area contributed by atoms with Gasteiger partial charge in [0.05, 0.1) is 6.61 Å². The van der Waals surface area contributed by atoms with Crippen molar-refractivity contribution in [1.29, 1.82) is 0 Å².